The third kappa shape index (κ3) is 1.95. The number of nitrogens with one attached hydrogen (secondary N) is 2. The van der Waals surface area contributed by atoms with E-state index in [1.807, 2.05) is 4.98 Å². The molecule has 1 amide bonds. The van der Waals surface area contributed by atoms with Crippen LogP contribution in [-0.2, 0) is 0 Å². The Bertz CT molecular complexity index is 401. The molecule has 0 spiro atoms. The van der Waals surface area contributed by atoms with Crippen molar-refractivity contribution >= 4 is 5.91 Å². The van der Waals surface area contributed by atoms with Crippen LogP contribution < -0.4 is 10.9 Å². The van der Waals surface area contributed by atoms with Crippen molar-refractivity contribution < 1.29 is 13.6 Å². The van der Waals surface area contributed by atoms with Crippen LogP contribution >= 0.6 is 0 Å². The number of pyridine rings is 1. The van der Waals surface area contributed by atoms with Gasteiger partial charge in [-0.2, -0.15) is 0 Å². The number of carbonyl (C=O) groups is 1. The lowest BCUT2D eigenvalue weighted by atomic mass is 10.2. The summed E-state index contributed by atoms with van der Waals surface area (Å²) in [6.07, 6.45) is -2.75. The van der Waals surface area contributed by atoms with Crippen molar-refractivity contribution in [3.63, 3.8) is 0 Å². The molecule has 0 saturated carbocycles. The Kier molecular flexibility index (Phi) is 2.95. The maximum absolute atomic E-state index is 12.1. The third-order valence-electron chi connectivity index (χ3n) is 1.64. The summed E-state index contributed by atoms with van der Waals surface area (Å²) < 4.78 is 24.2. The molecule has 14 heavy (non-hydrogen) atoms. The van der Waals surface area contributed by atoms with Gasteiger partial charge < -0.3 is 10.3 Å². The van der Waals surface area contributed by atoms with E-state index in [4.69, 9.17) is 0 Å². The molecule has 1 heterocycles. The molecule has 0 aliphatic rings. The molecule has 0 saturated heterocycles. The van der Waals surface area contributed by atoms with Crippen LogP contribution in [0.5, 0.6) is 0 Å². The van der Waals surface area contributed by atoms with Gasteiger partial charge in [0.1, 0.15) is 5.56 Å². The quantitative estimate of drug-likeness (QED) is 0.740. The number of hydrogen-bond acceptors (Lipinski definition) is 2. The maximum atomic E-state index is 12.1. The Morgan fingerprint density at radius 1 is 1.50 bits per heavy atom. The molecule has 1 aromatic heterocycles. The van der Waals surface area contributed by atoms with Gasteiger partial charge in [0.2, 0.25) is 0 Å². The number of hydrogen-bond donors (Lipinski definition) is 2. The van der Waals surface area contributed by atoms with Crippen LogP contribution in [0.3, 0.4) is 0 Å². The normalized spacial score (nSPS) is 10.3. The van der Waals surface area contributed by atoms with Gasteiger partial charge in [-0.15, -0.1) is 0 Å². The molecule has 1 rings (SSSR count). The van der Waals surface area contributed by atoms with Crippen LogP contribution in [0.1, 0.15) is 22.5 Å². The van der Waals surface area contributed by atoms with Crippen LogP contribution in [0.15, 0.2) is 16.9 Å². The molecule has 0 bridgehead atoms. The van der Waals surface area contributed by atoms with Crippen LogP contribution in [-0.4, -0.2) is 17.9 Å². The van der Waals surface area contributed by atoms with E-state index in [2.05, 4.69) is 5.32 Å². The lowest BCUT2D eigenvalue weighted by molar-refractivity contribution is 0.0960. The van der Waals surface area contributed by atoms with Gasteiger partial charge >= 0.3 is 0 Å². The highest BCUT2D eigenvalue weighted by Gasteiger charge is 2.12. The van der Waals surface area contributed by atoms with Gasteiger partial charge in [0.15, 0.2) is 0 Å². The van der Waals surface area contributed by atoms with Gasteiger partial charge in [0, 0.05) is 7.05 Å². The van der Waals surface area contributed by atoms with Crippen molar-refractivity contribution in [2.24, 2.45) is 0 Å². The van der Waals surface area contributed by atoms with E-state index in [0.29, 0.717) is 0 Å². The Balaban J connectivity index is 3.14. The first-order valence-corrected chi connectivity index (χ1v) is 3.79. The summed E-state index contributed by atoms with van der Waals surface area (Å²) in [4.78, 5) is 24.0. The molecule has 0 aliphatic heterocycles. The smallest absolute Gasteiger partial charge is 0.278 e. The molecule has 4 nitrogen and oxygen atoms in total. The second kappa shape index (κ2) is 3.99. The first-order chi connectivity index (χ1) is 6.56. The number of carbonyl (C=O) groups excluding carboxylic acids is 1. The highest BCUT2D eigenvalue weighted by molar-refractivity contribution is 5.93. The van der Waals surface area contributed by atoms with Crippen molar-refractivity contribution in [3.05, 3.63) is 33.7 Å². The molecule has 6 heteroatoms. The fraction of sp³-hybridized carbons (Fsp3) is 0.250. The summed E-state index contributed by atoms with van der Waals surface area (Å²) in [5.74, 6) is -0.605. The molecule has 0 radical (unpaired) electrons. The largest absolute Gasteiger partial charge is 0.355 e. The van der Waals surface area contributed by atoms with Crippen molar-refractivity contribution in [1.29, 1.82) is 0 Å². The predicted molar refractivity (Wildman–Crippen MR) is 45.4 cm³/mol. The number of alkyl halides is 2. The number of aromatic amines is 1. The average molecular weight is 202 g/mol. The predicted octanol–water partition coefficient (Wildman–Crippen LogP) is 0.672. The van der Waals surface area contributed by atoms with Gasteiger partial charge in [-0.25, -0.2) is 8.78 Å². The molecule has 0 aromatic carbocycles. The molecule has 0 aliphatic carbocycles. The molecule has 76 valence electrons. The maximum Gasteiger partial charge on any atom is 0.278 e. The zero-order valence-electron chi connectivity index (χ0n) is 7.30. The minimum absolute atomic E-state index is 0.183. The summed E-state index contributed by atoms with van der Waals surface area (Å²) in [6.45, 7) is 0. The Hall–Kier alpha value is -1.72. The van der Waals surface area contributed by atoms with Crippen molar-refractivity contribution in [3.8, 4) is 0 Å². The van der Waals surface area contributed by atoms with E-state index in [-0.39, 0.29) is 5.56 Å². The van der Waals surface area contributed by atoms with E-state index in [1.54, 1.807) is 0 Å². The van der Waals surface area contributed by atoms with E-state index in [9.17, 15) is 18.4 Å². The lowest BCUT2D eigenvalue weighted by Crippen LogP contribution is -2.27. The molecule has 0 unspecified atom stereocenters. The number of aromatic nitrogens is 1. The number of halogens is 2. The van der Waals surface area contributed by atoms with Gasteiger partial charge in [0.05, 0.1) is 5.69 Å². The summed E-state index contributed by atoms with van der Waals surface area (Å²) in [7, 11) is 1.35. The van der Waals surface area contributed by atoms with E-state index < -0.39 is 23.6 Å². The van der Waals surface area contributed by atoms with Crippen LogP contribution in [0, 0.1) is 0 Å². The van der Waals surface area contributed by atoms with Gasteiger partial charge in [-0.1, -0.05) is 0 Å². The SMILES string of the molecule is CNC(=O)c1ccc(C(F)F)[nH]c1=O. The second-order valence-electron chi connectivity index (χ2n) is 2.54. The fourth-order valence-electron chi connectivity index (χ4n) is 0.930. The summed E-state index contributed by atoms with van der Waals surface area (Å²) >= 11 is 0. The number of H-pyrrole nitrogens is 1. The number of rotatable bonds is 2. The zero-order valence-corrected chi connectivity index (χ0v) is 7.30. The van der Waals surface area contributed by atoms with Crippen LogP contribution in [0.4, 0.5) is 8.78 Å². The topological polar surface area (TPSA) is 62.0 Å². The Morgan fingerprint density at radius 3 is 2.57 bits per heavy atom. The number of amides is 1. The Morgan fingerprint density at radius 2 is 2.14 bits per heavy atom. The van der Waals surface area contributed by atoms with Gasteiger partial charge in [0.25, 0.3) is 17.9 Å². The molecule has 1 aromatic rings. The molecule has 0 atom stereocenters. The minimum atomic E-state index is -2.75. The van der Waals surface area contributed by atoms with Gasteiger partial charge in [-0.05, 0) is 12.1 Å². The standard InChI is InChI=1S/C8H8F2N2O2/c1-11-7(13)4-2-3-5(6(9)10)12-8(4)14/h2-3,6H,1H3,(H,11,13)(H,12,14). The van der Waals surface area contributed by atoms with Gasteiger partial charge in [-0.3, -0.25) is 9.59 Å². The third-order valence-corrected chi connectivity index (χ3v) is 1.64. The molecule has 2 N–H and O–H groups in total. The first-order valence-electron chi connectivity index (χ1n) is 3.79. The van der Waals surface area contributed by atoms with Crippen molar-refractivity contribution in [1.82, 2.24) is 10.3 Å². The lowest BCUT2D eigenvalue weighted by Gasteiger charge is -2.01. The van der Waals surface area contributed by atoms with Crippen molar-refractivity contribution in [2.75, 3.05) is 7.05 Å². The highest BCUT2D eigenvalue weighted by Crippen LogP contribution is 2.13. The van der Waals surface area contributed by atoms with Crippen molar-refractivity contribution in [2.45, 2.75) is 6.43 Å². The van der Waals surface area contributed by atoms with Crippen LogP contribution in [0.2, 0.25) is 0 Å². The average Bonchev–Trinajstić information content (AvgIpc) is 2.16. The molecular weight excluding hydrogens is 194 g/mol. The summed E-state index contributed by atoms with van der Waals surface area (Å²) in [6, 6.07) is 2.08. The molecule has 0 fully saturated rings. The van der Waals surface area contributed by atoms with E-state index in [1.165, 1.54) is 7.05 Å². The summed E-state index contributed by atoms with van der Waals surface area (Å²) in [5, 5.41) is 2.22. The fourth-order valence-corrected chi connectivity index (χ4v) is 0.930. The first kappa shape index (κ1) is 10.4. The zero-order chi connectivity index (χ0) is 10.7. The van der Waals surface area contributed by atoms with Crippen LogP contribution in [0.25, 0.3) is 0 Å². The van der Waals surface area contributed by atoms with E-state index >= 15 is 0 Å². The summed E-state index contributed by atoms with van der Waals surface area (Å²) in [5.41, 5.74) is -1.50. The minimum Gasteiger partial charge on any atom is -0.355 e. The Labute approximate surface area is 77.9 Å². The molecular formula is C8H8F2N2O2. The second-order valence-corrected chi connectivity index (χ2v) is 2.54. The monoisotopic (exact) mass is 202 g/mol. The van der Waals surface area contributed by atoms with E-state index in [0.717, 1.165) is 12.1 Å². The highest BCUT2D eigenvalue weighted by atomic mass is 19.3.